The van der Waals surface area contributed by atoms with Crippen molar-refractivity contribution in [3.8, 4) is 0 Å². The van der Waals surface area contributed by atoms with Gasteiger partial charge in [-0.05, 0) is 26.2 Å². The molecule has 0 bridgehead atoms. The van der Waals surface area contributed by atoms with Crippen LogP contribution >= 0.6 is 0 Å². The Morgan fingerprint density at radius 1 is 1.50 bits per heavy atom. The van der Waals surface area contributed by atoms with Gasteiger partial charge in [-0.2, -0.15) is 0 Å². The van der Waals surface area contributed by atoms with Crippen LogP contribution in [0.2, 0.25) is 0 Å². The molecule has 1 fully saturated rings. The van der Waals surface area contributed by atoms with Crippen LogP contribution in [-0.2, 0) is 9.53 Å². The summed E-state index contributed by atoms with van der Waals surface area (Å²) in [7, 11) is 0. The molecule has 0 heterocycles. The van der Waals surface area contributed by atoms with Gasteiger partial charge in [-0.25, -0.2) is 4.79 Å². The van der Waals surface area contributed by atoms with E-state index in [4.69, 9.17) is 0 Å². The van der Waals surface area contributed by atoms with Crippen LogP contribution in [-0.4, -0.2) is 29.3 Å². The normalized spacial score (nSPS) is 18.1. The second kappa shape index (κ2) is 4.41. The zero-order valence-electron chi connectivity index (χ0n) is 8.21. The Labute approximate surface area is 82.4 Å². The third-order valence-electron chi connectivity index (χ3n) is 2.29. The van der Waals surface area contributed by atoms with Gasteiger partial charge in [0.15, 0.2) is 0 Å². The van der Waals surface area contributed by atoms with Crippen LogP contribution in [0.15, 0.2) is 0 Å². The molecule has 0 aromatic rings. The molecule has 2 N–H and O–H groups in total. The molecule has 0 radical (unpaired) electrons. The smallest absolute Gasteiger partial charge is 0.413 e. The molecule has 1 rings (SSSR count). The fourth-order valence-electron chi connectivity index (χ4n) is 1.39. The fraction of sp³-hybridized carbons (Fsp3) is 0.778. The topological polar surface area (TPSA) is 75.6 Å². The number of amides is 2. The lowest BCUT2D eigenvalue weighted by molar-refractivity contribution is -0.129. The highest BCUT2D eigenvalue weighted by atomic mass is 16.5. The fourth-order valence-corrected chi connectivity index (χ4v) is 1.39. The van der Waals surface area contributed by atoms with E-state index < -0.39 is 17.6 Å². The molecule has 2 amide bonds. The minimum atomic E-state index is -0.892. The quantitative estimate of drug-likeness (QED) is 0.699. The summed E-state index contributed by atoms with van der Waals surface area (Å²) in [6.07, 6.45) is 1.42. The maximum absolute atomic E-state index is 11.2. The van der Waals surface area contributed by atoms with Gasteiger partial charge >= 0.3 is 6.09 Å². The van der Waals surface area contributed by atoms with Crippen molar-refractivity contribution in [3.05, 3.63) is 0 Å². The van der Waals surface area contributed by atoms with Crippen molar-refractivity contribution in [2.75, 3.05) is 6.61 Å². The Hall–Kier alpha value is -1.10. The van der Waals surface area contributed by atoms with Crippen molar-refractivity contribution in [2.45, 2.75) is 38.2 Å². The Kier molecular flexibility index (Phi) is 3.46. The molecule has 0 aromatic carbocycles. The lowest BCUT2D eigenvalue weighted by Gasteiger charge is -2.35. The van der Waals surface area contributed by atoms with E-state index in [1.807, 2.05) is 5.32 Å². The van der Waals surface area contributed by atoms with Crippen LogP contribution < -0.4 is 5.32 Å². The first-order valence-corrected chi connectivity index (χ1v) is 4.75. The van der Waals surface area contributed by atoms with Gasteiger partial charge in [0, 0.05) is 0 Å². The maximum Gasteiger partial charge on any atom is 0.413 e. The largest absolute Gasteiger partial charge is 0.450 e. The Morgan fingerprint density at radius 2 is 2.14 bits per heavy atom. The number of carbonyl (C=O) groups is 2. The number of imide groups is 1. The van der Waals surface area contributed by atoms with Crippen molar-refractivity contribution in [1.29, 1.82) is 0 Å². The zero-order chi connectivity index (χ0) is 10.6. The Balaban J connectivity index is 2.25. The van der Waals surface area contributed by atoms with Crippen molar-refractivity contribution in [3.63, 3.8) is 0 Å². The van der Waals surface area contributed by atoms with Gasteiger partial charge < -0.3 is 9.84 Å². The number of rotatable bonds is 3. The summed E-state index contributed by atoms with van der Waals surface area (Å²) >= 11 is 0. The highest BCUT2D eigenvalue weighted by molar-refractivity contribution is 5.92. The molecule has 5 heteroatoms. The van der Waals surface area contributed by atoms with Crippen molar-refractivity contribution in [1.82, 2.24) is 5.32 Å². The van der Waals surface area contributed by atoms with Gasteiger partial charge in [-0.3, -0.25) is 10.1 Å². The summed E-state index contributed by atoms with van der Waals surface area (Å²) in [5.41, 5.74) is -0.892. The van der Waals surface area contributed by atoms with Crippen LogP contribution in [0, 0.1) is 0 Å². The number of alkyl carbamates (subject to hydrolysis) is 1. The van der Waals surface area contributed by atoms with Gasteiger partial charge in [-0.15, -0.1) is 0 Å². The predicted octanol–water partition coefficient (Wildman–Crippen LogP) is 0.564. The molecule has 1 aliphatic rings. The van der Waals surface area contributed by atoms with E-state index in [1.165, 1.54) is 0 Å². The summed E-state index contributed by atoms with van der Waals surface area (Å²) in [5.74, 6) is -0.481. The van der Waals surface area contributed by atoms with E-state index in [9.17, 15) is 14.7 Å². The molecule has 80 valence electrons. The molecule has 0 atom stereocenters. The van der Waals surface area contributed by atoms with Crippen molar-refractivity contribution < 1.29 is 19.4 Å². The Bertz CT molecular complexity index is 235. The standard InChI is InChI=1S/C9H15NO4/c1-2-14-8(12)10-7(11)6-9(13)4-3-5-9/h13H,2-6H2,1H3,(H,10,11,12). The summed E-state index contributed by atoms with van der Waals surface area (Å²) in [4.78, 5) is 22.0. The third-order valence-corrected chi connectivity index (χ3v) is 2.29. The zero-order valence-corrected chi connectivity index (χ0v) is 8.21. The number of hydrogen-bond acceptors (Lipinski definition) is 4. The van der Waals surface area contributed by atoms with Crippen molar-refractivity contribution in [2.24, 2.45) is 0 Å². The number of carbonyl (C=O) groups excluding carboxylic acids is 2. The predicted molar refractivity (Wildman–Crippen MR) is 48.6 cm³/mol. The lowest BCUT2D eigenvalue weighted by Crippen LogP contribution is -2.43. The first-order chi connectivity index (χ1) is 6.56. The third kappa shape index (κ3) is 2.99. The molecule has 0 aromatic heterocycles. The van der Waals surface area contributed by atoms with Crippen LogP contribution in [0.1, 0.15) is 32.6 Å². The van der Waals surface area contributed by atoms with Crippen LogP contribution in [0.5, 0.6) is 0 Å². The van der Waals surface area contributed by atoms with E-state index in [0.717, 1.165) is 6.42 Å². The van der Waals surface area contributed by atoms with Crippen LogP contribution in [0.3, 0.4) is 0 Å². The van der Waals surface area contributed by atoms with E-state index in [1.54, 1.807) is 6.92 Å². The van der Waals surface area contributed by atoms with E-state index >= 15 is 0 Å². The molecule has 1 saturated carbocycles. The highest BCUT2D eigenvalue weighted by Gasteiger charge is 2.36. The van der Waals surface area contributed by atoms with Gasteiger partial charge in [0.25, 0.3) is 0 Å². The van der Waals surface area contributed by atoms with Crippen molar-refractivity contribution >= 4 is 12.0 Å². The molecule has 1 aliphatic carbocycles. The van der Waals surface area contributed by atoms with Gasteiger partial charge in [0.2, 0.25) is 5.91 Å². The van der Waals surface area contributed by atoms with Crippen LogP contribution in [0.25, 0.3) is 0 Å². The molecule has 0 unspecified atom stereocenters. The average Bonchev–Trinajstić information content (AvgIpc) is 2.01. The maximum atomic E-state index is 11.2. The number of nitrogens with one attached hydrogen (secondary N) is 1. The molecule has 0 saturated heterocycles. The monoisotopic (exact) mass is 201 g/mol. The molecule has 5 nitrogen and oxygen atoms in total. The highest BCUT2D eigenvalue weighted by Crippen LogP contribution is 2.34. The minimum Gasteiger partial charge on any atom is -0.450 e. The molecular formula is C9H15NO4. The first-order valence-electron chi connectivity index (χ1n) is 4.75. The Morgan fingerprint density at radius 3 is 2.57 bits per heavy atom. The van der Waals surface area contributed by atoms with E-state index in [-0.39, 0.29) is 13.0 Å². The summed E-state index contributed by atoms with van der Waals surface area (Å²) in [5, 5.41) is 11.7. The molecule has 0 aliphatic heterocycles. The average molecular weight is 201 g/mol. The number of aliphatic hydroxyl groups is 1. The van der Waals surface area contributed by atoms with Gasteiger partial charge in [-0.1, -0.05) is 0 Å². The molecule has 0 spiro atoms. The SMILES string of the molecule is CCOC(=O)NC(=O)CC1(O)CCC1. The number of hydrogen-bond donors (Lipinski definition) is 2. The molecular weight excluding hydrogens is 186 g/mol. The second-order valence-electron chi connectivity index (χ2n) is 3.52. The van der Waals surface area contributed by atoms with Crippen LogP contribution in [0.4, 0.5) is 4.79 Å². The summed E-state index contributed by atoms with van der Waals surface area (Å²) < 4.78 is 4.53. The first kappa shape index (κ1) is 11.0. The van der Waals surface area contributed by atoms with E-state index in [2.05, 4.69) is 4.74 Å². The lowest BCUT2D eigenvalue weighted by atomic mass is 9.78. The second-order valence-corrected chi connectivity index (χ2v) is 3.52. The molecule has 14 heavy (non-hydrogen) atoms. The summed E-state index contributed by atoms with van der Waals surface area (Å²) in [6, 6.07) is 0. The summed E-state index contributed by atoms with van der Waals surface area (Å²) in [6.45, 7) is 1.88. The van der Waals surface area contributed by atoms with Gasteiger partial charge in [0.05, 0.1) is 18.6 Å². The number of ether oxygens (including phenoxy) is 1. The minimum absolute atomic E-state index is 0.0220. The van der Waals surface area contributed by atoms with Gasteiger partial charge in [0.1, 0.15) is 0 Å². The van der Waals surface area contributed by atoms with E-state index in [0.29, 0.717) is 12.8 Å².